The molecule has 202 valence electrons. The molecule has 6 nitrogen and oxygen atoms in total. The number of carbonyl (C=O) groups is 2. The molecule has 0 bridgehead atoms. The summed E-state index contributed by atoms with van der Waals surface area (Å²) in [7, 11) is 0. The number of halogens is 1. The summed E-state index contributed by atoms with van der Waals surface area (Å²) in [4.78, 5) is 41.4. The van der Waals surface area contributed by atoms with Gasteiger partial charge in [-0.1, -0.05) is 67.9 Å². The van der Waals surface area contributed by atoms with Gasteiger partial charge in [0.25, 0.3) is 5.91 Å². The standard InChI is InChI=1S/C32H33ClN2O4/c1-20(2)29(35(17-7-16-34)32(38)24-12-10-23(11-13-24)21(3)36)31-27(18-22-8-5-4-6-9-22)30(37)26-15-14-25(33)19-28(26)39-31/h4-6,8-15,19-20,29H,7,16-18,34H2,1-3H3. The SMILES string of the molecule is CC(=O)c1ccc(C(=O)N(CCCN)C(c2oc3cc(Cl)ccc3c(=O)c2Cc2ccccc2)C(C)C)cc1. The Morgan fingerprint density at radius 1 is 0.974 bits per heavy atom. The lowest BCUT2D eigenvalue weighted by Crippen LogP contribution is -2.40. The van der Waals surface area contributed by atoms with Gasteiger partial charge in [-0.05, 0) is 55.6 Å². The zero-order chi connectivity index (χ0) is 28.1. The van der Waals surface area contributed by atoms with Crippen molar-refractivity contribution < 1.29 is 14.0 Å². The maximum absolute atomic E-state index is 14.0. The van der Waals surface area contributed by atoms with E-state index in [1.54, 1.807) is 47.4 Å². The molecule has 3 aromatic carbocycles. The van der Waals surface area contributed by atoms with Crippen LogP contribution in [0, 0.1) is 5.92 Å². The molecule has 1 atom stereocenters. The van der Waals surface area contributed by atoms with Gasteiger partial charge < -0.3 is 15.1 Å². The second kappa shape index (κ2) is 12.4. The smallest absolute Gasteiger partial charge is 0.254 e. The number of fused-ring (bicyclic) bond motifs is 1. The number of rotatable bonds is 10. The minimum absolute atomic E-state index is 0.0730. The summed E-state index contributed by atoms with van der Waals surface area (Å²) >= 11 is 6.27. The number of hydrogen-bond donors (Lipinski definition) is 1. The second-order valence-electron chi connectivity index (χ2n) is 10.0. The molecular formula is C32H33ClN2O4. The van der Waals surface area contributed by atoms with E-state index in [1.165, 1.54) is 6.92 Å². The molecule has 0 radical (unpaired) electrons. The van der Waals surface area contributed by atoms with E-state index in [0.717, 1.165) is 5.56 Å². The van der Waals surface area contributed by atoms with Crippen LogP contribution < -0.4 is 11.2 Å². The van der Waals surface area contributed by atoms with Crippen LogP contribution in [0.5, 0.6) is 0 Å². The highest BCUT2D eigenvalue weighted by molar-refractivity contribution is 6.31. The molecule has 0 aliphatic carbocycles. The van der Waals surface area contributed by atoms with E-state index in [1.807, 2.05) is 44.2 Å². The van der Waals surface area contributed by atoms with Crippen molar-refractivity contribution >= 4 is 34.3 Å². The maximum atomic E-state index is 14.0. The van der Waals surface area contributed by atoms with Gasteiger partial charge in [0.1, 0.15) is 11.3 Å². The molecule has 1 heterocycles. The molecular weight excluding hydrogens is 512 g/mol. The van der Waals surface area contributed by atoms with E-state index in [-0.39, 0.29) is 23.0 Å². The van der Waals surface area contributed by atoms with Gasteiger partial charge in [-0.2, -0.15) is 0 Å². The fourth-order valence-corrected chi connectivity index (χ4v) is 5.04. The molecule has 0 aliphatic heterocycles. The van der Waals surface area contributed by atoms with Gasteiger partial charge in [0.05, 0.1) is 11.4 Å². The number of hydrogen-bond acceptors (Lipinski definition) is 5. The average Bonchev–Trinajstić information content (AvgIpc) is 2.92. The zero-order valence-corrected chi connectivity index (χ0v) is 23.2. The normalized spacial score (nSPS) is 12.1. The quantitative estimate of drug-likeness (QED) is 0.232. The minimum atomic E-state index is -0.550. The highest BCUT2D eigenvalue weighted by Crippen LogP contribution is 2.35. The number of carbonyl (C=O) groups excluding carboxylic acids is 2. The third-order valence-corrected chi connectivity index (χ3v) is 7.08. The Labute approximate surface area is 233 Å². The van der Waals surface area contributed by atoms with Crippen LogP contribution in [0.1, 0.15) is 70.8 Å². The molecule has 7 heteroatoms. The second-order valence-corrected chi connectivity index (χ2v) is 10.5. The highest BCUT2D eigenvalue weighted by atomic mass is 35.5. The molecule has 1 aromatic heterocycles. The molecule has 0 fully saturated rings. The van der Waals surface area contributed by atoms with E-state index in [0.29, 0.717) is 64.4 Å². The molecule has 0 aliphatic rings. The topological polar surface area (TPSA) is 93.6 Å². The van der Waals surface area contributed by atoms with Crippen molar-refractivity contribution in [3.8, 4) is 0 Å². The lowest BCUT2D eigenvalue weighted by Gasteiger charge is -2.35. The monoisotopic (exact) mass is 544 g/mol. The first-order valence-electron chi connectivity index (χ1n) is 13.1. The maximum Gasteiger partial charge on any atom is 0.254 e. The van der Waals surface area contributed by atoms with E-state index < -0.39 is 6.04 Å². The number of nitrogens with two attached hydrogens (primary N) is 1. The van der Waals surface area contributed by atoms with Crippen molar-refractivity contribution in [2.45, 2.75) is 39.7 Å². The van der Waals surface area contributed by atoms with Gasteiger partial charge in [0.15, 0.2) is 11.2 Å². The van der Waals surface area contributed by atoms with Gasteiger partial charge in [-0.3, -0.25) is 14.4 Å². The van der Waals surface area contributed by atoms with E-state index >= 15 is 0 Å². The zero-order valence-electron chi connectivity index (χ0n) is 22.4. The van der Waals surface area contributed by atoms with E-state index in [4.69, 9.17) is 21.8 Å². The fraction of sp³-hybridized carbons (Fsp3) is 0.281. The number of Topliss-reactive ketones (excluding diaryl/α,β-unsaturated/α-hetero) is 1. The molecule has 0 saturated heterocycles. The number of benzene rings is 3. The predicted molar refractivity (Wildman–Crippen MR) is 155 cm³/mol. The van der Waals surface area contributed by atoms with Crippen LogP contribution in [0.25, 0.3) is 11.0 Å². The molecule has 0 saturated carbocycles. The summed E-state index contributed by atoms with van der Waals surface area (Å²) < 4.78 is 6.49. The van der Waals surface area contributed by atoms with Crippen molar-refractivity contribution in [3.63, 3.8) is 0 Å². The van der Waals surface area contributed by atoms with Crippen LogP contribution >= 0.6 is 11.6 Å². The predicted octanol–water partition coefficient (Wildman–Crippen LogP) is 6.43. The van der Waals surface area contributed by atoms with Gasteiger partial charge >= 0.3 is 0 Å². The third-order valence-electron chi connectivity index (χ3n) is 6.84. The highest BCUT2D eigenvalue weighted by Gasteiger charge is 2.33. The Kier molecular flexibility index (Phi) is 9.00. The van der Waals surface area contributed by atoms with Crippen LogP contribution in [0.4, 0.5) is 0 Å². The first-order valence-corrected chi connectivity index (χ1v) is 13.5. The van der Waals surface area contributed by atoms with Crippen molar-refractivity contribution in [1.82, 2.24) is 4.90 Å². The Morgan fingerprint density at radius 2 is 1.64 bits per heavy atom. The summed E-state index contributed by atoms with van der Waals surface area (Å²) in [5.74, 6) is 0.0461. The third kappa shape index (κ3) is 6.29. The van der Waals surface area contributed by atoms with Crippen molar-refractivity contribution in [1.29, 1.82) is 0 Å². The summed E-state index contributed by atoms with van der Waals surface area (Å²) in [5.41, 5.74) is 8.54. The van der Waals surface area contributed by atoms with Crippen LogP contribution in [0.2, 0.25) is 5.02 Å². The fourth-order valence-electron chi connectivity index (χ4n) is 4.88. The lowest BCUT2D eigenvalue weighted by atomic mass is 9.91. The average molecular weight is 545 g/mol. The van der Waals surface area contributed by atoms with Gasteiger partial charge in [-0.25, -0.2) is 0 Å². The van der Waals surface area contributed by atoms with Crippen molar-refractivity contribution in [3.05, 3.63) is 116 Å². The van der Waals surface area contributed by atoms with Gasteiger partial charge in [0.2, 0.25) is 0 Å². The van der Waals surface area contributed by atoms with E-state index in [9.17, 15) is 14.4 Å². The van der Waals surface area contributed by atoms with E-state index in [2.05, 4.69) is 0 Å². The lowest BCUT2D eigenvalue weighted by molar-refractivity contribution is 0.0587. The summed E-state index contributed by atoms with van der Waals surface area (Å²) in [5, 5.41) is 0.895. The molecule has 39 heavy (non-hydrogen) atoms. The number of ketones is 1. The number of nitrogens with zero attached hydrogens (tertiary/aromatic N) is 1. The molecule has 2 N–H and O–H groups in total. The van der Waals surface area contributed by atoms with Crippen molar-refractivity contribution in [2.24, 2.45) is 11.7 Å². The van der Waals surface area contributed by atoms with Crippen LogP contribution in [-0.4, -0.2) is 29.7 Å². The first kappa shape index (κ1) is 28.3. The summed E-state index contributed by atoms with van der Waals surface area (Å²) in [6.45, 7) is 6.25. The molecule has 1 unspecified atom stereocenters. The summed E-state index contributed by atoms with van der Waals surface area (Å²) in [6, 6.07) is 20.8. The van der Waals surface area contributed by atoms with Gasteiger partial charge in [0, 0.05) is 40.7 Å². The Morgan fingerprint density at radius 3 is 2.26 bits per heavy atom. The van der Waals surface area contributed by atoms with Crippen molar-refractivity contribution in [2.75, 3.05) is 13.1 Å². The van der Waals surface area contributed by atoms with Crippen LogP contribution in [0.3, 0.4) is 0 Å². The number of amides is 1. The minimum Gasteiger partial charge on any atom is -0.458 e. The molecule has 4 rings (SSSR count). The molecule has 0 spiro atoms. The van der Waals surface area contributed by atoms with Crippen LogP contribution in [0.15, 0.2) is 82.0 Å². The Hall–Kier alpha value is -3.74. The largest absolute Gasteiger partial charge is 0.458 e. The molecule has 1 amide bonds. The molecule has 4 aromatic rings. The first-order chi connectivity index (χ1) is 18.7. The Balaban J connectivity index is 1.91. The van der Waals surface area contributed by atoms with Crippen LogP contribution in [-0.2, 0) is 6.42 Å². The Bertz CT molecular complexity index is 1530. The summed E-state index contributed by atoms with van der Waals surface area (Å²) in [6.07, 6.45) is 0.921. The van der Waals surface area contributed by atoms with Gasteiger partial charge in [-0.15, -0.1) is 0 Å².